The Morgan fingerprint density at radius 1 is 1.31 bits per heavy atom. The van der Waals surface area contributed by atoms with Crippen molar-refractivity contribution in [3.63, 3.8) is 0 Å². The second-order valence-electron chi connectivity index (χ2n) is 5.78. The molecule has 4 heteroatoms. The van der Waals surface area contributed by atoms with Crippen LogP contribution >= 0.6 is 11.3 Å². The molecule has 1 heterocycles. The summed E-state index contributed by atoms with van der Waals surface area (Å²) in [5.41, 5.74) is -0.110. The van der Waals surface area contributed by atoms with Gasteiger partial charge in [0, 0.05) is 28.6 Å². The van der Waals surface area contributed by atoms with Gasteiger partial charge in [0.25, 0.3) is 0 Å². The molecule has 1 aromatic heterocycles. The Labute approximate surface area is 102 Å². The van der Waals surface area contributed by atoms with Crippen LogP contribution in [0.4, 0.5) is 0 Å². The zero-order valence-electron chi connectivity index (χ0n) is 10.8. The monoisotopic (exact) mass is 242 g/mol. The van der Waals surface area contributed by atoms with E-state index in [4.69, 9.17) is 5.11 Å². The number of nitrogens with zero attached hydrogens (tertiary/aromatic N) is 1. The molecule has 0 saturated heterocycles. The zero-order chi connectivity index (χ0) is 12.4. The van der Waals surface area contributed by atoms with E-state index in [-0.39, 0.29) is 17.6 Å². The van der Waals surface area contributed by atoms with Crippen LogP contribution in [0.2, 0.25) is 0 Å². The van der Waals surface area contributed by atoms with Crippen LogP contribution < -0.4 is 5.32 Å². The fourth-order valence-corrected chi connectivity index (χ4v) is 2.03. The molecular weight excluding hydrogens is 220 g/mol. The van der Waals surface area contributed by atoms with Gasteiger partial charge >= 0.3 is 0 Å². The van der Waals surface area contributed by atoms with Crippen molar-refractivity contribution in [3.05, 3.63) is 16.1 Å². The van der Waals surface area contributed by atoms with Gasteiger partial charge in [0.05, 0.1) is 11.6 Å². The molecule has 1 aromatic rings. The standard InChI is InChI=1S/C12H22N2OS/c1-11(2,3)10-13-6-9(16-10)7-14-12(4,5)8-15/h6,14-15H,7-8H2,1-5H3. The Kier molecular flexibility index (Phi) is 4.10. The zero-order valence-corrected chi connectivity index (χ0v) is 11.6. The van der Waals surface area contributed by atoms with Crippen molar-refractivity contribution in [2.45, 2.75) is 52.1 Å². The van der Waals surface area contributed by atoms with Gasteiger partial charge in [-0.25, -0.2) is 4.98 Å². The molecule has 92 valence electrons. The molecule has 0 atom stereocenters. The predicted molar refractivity (Wildman–Crippen MR) is 68.8 cm³/mol. The van der Waals surface area contributed by atoms with Crippen molar-refractivity contribution in [2.24, 2.45) is 0 Å². The van der Waals surface area contributed by atoms with Crippen LogP contribution in [-0.4, -0.2) is 22.2 Å². The minimum atomic E-state index is -0.230. The number of nitrogens with one attached hydrogen (secondary N) is 1. The summed E-state index contributed by atoms with van der Waals surface area (Å²) < 4.78 is 0. The minimum Gasteiger partial charge on any atom is -0.394 e. The Bertz CT molecular complexity index is 339. The third kappa shape index (κ3) is 3.85. The molecule has 0 unspecified atom stereocenters. The second kappa shape index (κ2) is 4.82. The first kappa shape index (κ1) is 13.6. The van der Waals surface area contributed by atoms with E-state index in [1.807, 2.05) is 20.0 Å². The van der Waals surface area contributed by atoms with Crippen LogP contribution in [0.3, 0.4) is 0 Å². The van der Waals surface area contributed by atoms with Gasteiger partial charge in [-0.1, -0.05) is 20.8 Å². The highest BCUT2D eigenvalue weighted by Crippen LogP contribution is 2.26. The number of hydrogen-bond donors (Lipinski definition) is 2. The molecule has 0 aliphatic rings. The maximum Gasteiger partial charge on any atom is 0.0981 e. The Hall–Kier alpha value is -0.450. The van der Waals surface area contributed by atoms with Gasteiger partial charge in [0.2, 0.25) is 0 Å². The van der Waals surface area contributed by atoms with E-state index < -0.39 is 0 Å². The lowest BCUT2D eigenvalue weighted by molar-refractivity contribution is 0.187. The lowest BCUT2D eigenvalue weighted by atomic mass is 9.98. The molecule has 0 radical (unpaired) electrons. The van der Waals surface area contributed by atoms with Gasteiger partial charge in [0.1, 0.15) is 0 Å². The number of thiazole rings is 1. The number of aromatic nitrogens is 1. The molecule has 0 bridgehead atoms. The molecule has 0 spiro atoms. The molecule has 2 N–H and O–H groups in total. The predicted octanol–water partition coefficient (Wildman–Crippen LogP) is 2.30. The summed E-state index contributed by atoms with van der Waals surface area (Å²) in [4.78, 5) is 5.64. The molecule has 3 nitrogen and oxygen atoms in total. The van der Waals surface area contributed by atoms with Crippen molar-refractivity contribution in [2.75, 3.05) is 6.61 Å². The average molecular weight is 242 g/mol. The third-order valence-corrected chi connectivity index (χ3v) is 3.75. The van der Waals surface area contributed by atoms with E-state index >= 15 is 0 Å². The molecular formula is C12H22N2OS. The highest BCUT2D eigenvalue weighted by molar-refractivity contribution is 7.11. The van der Waals surface area contributed by atoms with Crippen LogP contribution in [0.1, 0.15) is 44.5 Å². The van der Waals surface area contributed by atoms with E-state index in [9.17, 15) is 0 Å². The van der Waals surface area contributed by atoms with Crippen LogP contribution in [0, 0.1) is 0 Å². The number of hydrogen-bond acceptors (Lipinski definition) is 4. The van der Waals surface area contributed by atoms with Crippen LogP contribution in [0.25, 0.3) is 0 Å². The van der Waals surface area contributed by atoms with Crippen LogP contribution in [0.15, 0.2) is 6.20 Å². The van der Waals surface area contributed by atoms with E-state index in [1.165, 1.54) is 4.88 Å². The third-order valence-electron chi connectivity index (χ3n) is 2.33. The highest BCUT2D eigenvalue weighted by atomic mass is 32.1. The summed E-state index contributed by atoms with van der Waals surface area (Å²) in [6.07, 6.45) is 1.92. The van der Waals surface area contributed by atoms with Crippen molar-refractivity contribution in [1.29, 1.82) is 0 Å². The summed E-state index contributed by atoms with van der Waals surface area (Å²) in [5.74, 6) is 0. The number of aliphatic hydroxyl groups excluding tert-OH is 1. The summed E-state index contributed by atoms with van der Waals surface area (Å²) in [5, 5.41) is 13.6. The van der Waals surface area contributed by atoms with Crippen molar-refractivity contribution in [1.82, 2.24) is 10.3 Å². The molecule has 0 saturated carbocycles. The van der Waals surface area contributed by atoms with Gasteiger partial charge in [0.15, 0.2) is 0 Å². The van der Waals surface area contributed by atoms with E-state index in [0.717, 1.165) is 11.6 Å². The number of rotatable bonds is 4. The fraction of sp³-hybridized carbons (Fsp3) is 0.750. The lowest BCUT2D eigenvalue weighted by Gasteiger charge is -2.22. The van der Waals surface area contributed by atoms with Crippen LogP contribution in [0.5, 0.6) is 0 Å². The second-order valence-corrected chi connectivity index (χ2v) is 6.89. The van der Waals surface area contributed by atoms with Gasteiger partial charge in [-0.05, 0) is 13.8 Å². The summed E-state index contributed by atoms with van der Waals surface area (Å²) >= 11 is 1.74. The first-order valence-corrected chi connectivity index (χ1v) is 6.37. The maximum absolute atomic E-state index is 9.13. The molecule has 16 heavy (non-hydrogen) atoms. The Balaban J connectivity index is 2.60. The molecule has 0 aromatic carbocycles. The average Bonchev–Trinajstić information content (AvgIpc) is 2.63. The first-order chi connectivity index (χ1) is 7.24. The molecule has 0 fully saturated rings. The maximum atomic E-state index is 9.13. The van der Waals surface area contributed by atoms with Crippen molar-refractivity contribution in [3.8, 4) is 0 Å². The van der Waals surface area contributed by atoms with Crippen molar-refractivity contribution >= 4 is 11.3 Å². The number of aliphatic hydroxyl groups is 1. The first-order valence-electron chi connectivity index (χ1n) is 5.56. The smallest absolute Gasteiger partial charge is 0.0981 e. The molecule has 0 amide bonds. The topological polar surface area (TPSA) is 45.1 Å². The summed E-state index contributed by atoms with van der Waals surface area (Å²) in [6.45, 7) is 11.4. The van der Waals surface area contributed by atoms with E-state index in [2.05, 4.69) is 31.1 Å². The van der Waals surface area contributed by atoms with E-state index in [1.54, 1.807) is 11.3 Å². The minimum absolute atomic E-state index is 0.120. The Morgan fingerprint density at radius 3 is 2.38 bits per heavy atom. The normalized spacial score (nSPS) is 13.1. The van der Waals surface area contributed by atoms with Crippen molar-refractivity contribution < 1.29 is 5.11 Å². The molecule has 0 aliphatic heterocycles. The quantitative estimate of drug-likeness (QED) is 0.851. The highest BCUT2D eigenvalue weighted by Gasteiger charge is 2.19. The summed E-state index contributed by atoms with van der Waals surface area (Å²) in [7, 11) is 0. The fourth-order valence-electron chi connectivity index (χ4n) is 1.12. The van der Waals surface area contributed by atoms with Gasteiger partial charge in [-0.15, -0.1) is 11.3 Å². The molecule has 0 aliphatic carbocycles. The SMILES string of the molecule is CC(C)(CO)NCc1cnc(C(C)(C)C)s1. The van der Waals surface area contributed by atoms with E-state index in [0.29, 0.717) is 0 Å². The van der Waals surface area contributed by atoms with Gasteiger partial charge in [-0.2, -0.15) is 0 Å². The Morgan fingerprint density at radius 2 is 1.94 bits per heavy atom. The molecule has 1 rings (SSSR count). The summed E-state index contributed by atoms with van der Waals surface area (Å²) in [6, 6.07) is 0. The van der Waals surface area contributed by atoms with Crippen LogP contribution in [-0.2, 0) is 12.0 Å². The lowest BCUT2D eigenvalue weighted by Crippen LogP contribution is -2.41. The van der Waals surface area contributed by atoms with Gasteiger partial charge < -0.3 is 10.4 Å². The van der Waals surface area contributed by atoms with Gasteiger partial charge in [-0.3, -0.25) is 0 Å². The largest absolute Gasteiger partial charge is 0.394 e.